The third-order valence-corrected chi connectivity index (χ3v) is 1.83. The fourth-order valence-electron chi connectivity index (χ4n) is 1.19. The average molecular weight is 219 g/mol. The molecule has 0 atom stereocenters. The van der Waals surface area contributed by atoms with Gasteiger partial charge in [0, 0.05) is 6.54 Å². The molecule has 0 bridgehead atoms. The number of aliphatic hydroxyl groups is 1. The predicted molar refractivity (Wildman–Crippen MR) is 50.1 cm³/mol. The fourth-order valence-corrected chi connectivity index (χ4v) is 1.19. The molecule has 1 aromatic rings. The Morgan fingerprint density at radius 3 is 2.47 bits per heavy atom. The Kier molecular flexibility index (Phi) is 4.11. The second-order valence-electron chi connectivity index (χ2n) is 3.20. The van der Waals surface area contributed by atoms with Crippen LogP contribution < -0.4 is 5.32 Å². The standard InChI is InChI=1S/C10H12F3NO/c11-10(12,13)7-14-5-8-2-1-3-9(4-8)6-15/h1-4,14-15H,5-7H2. The van der Waals surface area contributed by atoms with Crippen LogP contribution in [0.2, 0.25) is 0 Å². The summed E-state index contributed by atoms with van der Waals surface area (Å²) >= 11 is 0. The summed E-state index contributed by atoms with van der Waals surface area (Å²) in [5, 5.41) is 11.1. The van der Waals surface area contributed by atoms with E-state index in [2.05, 4.69) is 5.32 Å². The lowest BCUT2D eigenvalue weighted by Crippen LogP contribution is -2.28. The molecular formula is C10H12F3NO. The van der Waals surface area contributed by atoms with Gasteiger partial charge in [0.05, 0.1) is 13.2 Å². The Bertz CT molecular complexity index is 312. The van der Waals surface area contributed by atoms with Crippen LogP contribution in [0.1, 0.15) is 11.1 Å². The molecule has 0 radical (unpaired) electrons. The molecular weight excluding hydrogens is 207 g/mol. The summed E-state index contributed by atoms with van der Waals surface area (Å²) in [6, 6.07) is 6.80. The van der Waals surface area contributed by atoms with E-state index in [1.807, 2.05) is 0 Å². The molecule has 2 nitrogen and oxygen atoms in total. The van der Waals surface area contributed by atoms with Crippen molar-refractivity contribution >= 4 is 0 Å². The molecule has 0 amide bonds. The highest BCUT2D eigenvalue weighted by atomic mass is 19.4. The minimum atomic E-state index is -4.19. The first kappa shape index (κ1) is 12.0. The SMILES string of the molecule is OCc1cccc(CNCC(F)(F)F)c1. The third kappa shape index (κ3) is 4.80. The highest BCUT2D eigenvalue weighted by molar-refractivity contribution is 5.22. The molecule has 0 saturated heterocycles. The van der Waals surface area contributed by atoms with Crippen molar-refractivity contribution in [1.82, 2.24) is 5.32 Å². The molecule has 0 fully saturated rings. The Morgan fingerprint density at radius 1 is 1.20 bits per heavy atom. The summed E-state index contributed by atoms with van der Waals surface area (Å²) in [5.41, 5.74) is 1.42. The van der Waals surface area contributed by atoms with Crippen LogP contribution >= 0.6 is 0 Å². The van der Waals surface area contributed by atoms with Crippen LogP contribution in [0.3, 0.4) is 0 Å². The number of rotatable bonds is 4. The van der Waals surface area contributed by atoms with E-state index in [0.29, 0.717) is 5.56 Å². The van der Waals surface area contributed by atoms with Crippen LogP contribution in [0.4, 0.5) is 13.2 Å². The second kappa shape index (κ2) is 5.14. The van der Waals surface area contributed by atoms with E-state index in [-0.39, 0.29) is 13.2 Å². The predicted octanol–water partition coefficient (Wildman–Crippen LogP) is 1.83. The van der Waals surface area contributed by atoms with Gasteiger partial charge in [-0.2, -0.15) is 13.2 Å². The Hall–Kier alpha value is -1.07. The van der Waals surface area contributed by atoms with Gasteiger partial charge in [-0.3, -0.25) is 0 Å². The molecule has 2 N–H and O–H groups in total. The van der Waals surface area contributed by atoms with Crippen LogP contribution in [0.15, 0.2) is 24.3 Å². The molecule has 0 aliphatic carbocycles. The minimum Gasteiger partial charge on any atom is -0.392 e. The lowest BCUT2D eigenvalue weighted by atomic mass is 10.1. The van der Waals surface area contributed by atoms with Gasteiger partial charge < -0.3 is 10.4 Å². The van der Waals surface area contributed by atoms with Crippen molar-refractivity contribution in [1.29, 1.82) is 0 Å². The van der Waals surface area contributed by atoms with E-state index in [0.717, 1.165) is 5.56 Å². The summed E-state index contributed by atoms with van der Waals surface area (Å²) in [6.45, 7) is -0.961. The Balaban J connectivity index is 2.44. The van der Waals surface area contributed by atoms with Crippen molar-refractivity contribution in [3.63, 3.8) is 0 Å². The van der Waals surface area contributed by atoms with Crippen molar-refractivity contribution in [2.75, 3.05) is 6.54 Å². The zero-order chi connectivity index (χ0) is 11.3. The third-order valence-electron chi connectivity index (χ3n) is 1.83. The Morgan fingerprint density at radius 2 is 1.87 bits per heavy atom. The normalized spacial score (nSPS) is 11.7. The van der Waals surface area contributed by atoms with Gasteiger partial charge in [-0.15, -0.1) is 0 Å². The second-order valence-corrected chi connectivity index (χ2v) is 3.20. The van der Waals surface area contributed by atoms with Gasteiger partial charge >= 0.3 is 6.18 Å². The summed E-state index contributed by atoms with van der Waals surface area (Å²) in [5.74, 6) is 0. The number of hydrogen-bond donors (Lipinski definition) is 2. The van der Waals surface area contributed by atoms with Crippen molar-refractivity contribution in [2.45, 2.75) is 19.3 Å². The first-order chi connectivity index (χ1) is 7.01. The van der Waals surface area contributed by atoms with Crippen LogP contribution in [0.5, 0.6) is 0 Å². The summed E-state index contributed by atoms with van der Waals surface area (Å²) in [4.78, 5) is 0. The molecule has 15 heavy (non-hydrogen) atoms. The molecule has 0 aliphatic heterocycles. The molecule has 0 aromatic heterocycles. The summed E-state index contributed by atoms with van der Waals surface area (Å²) in [6.07, 6.45) is -4.19. The zero-order valence-corrected chi connectivity index (χ0v) is 8.01. The zero-order valence-electron chi connectivity index (χ0n) is 8.01. The maximum absolute atomic E-state index is 11.8. The highest BCUT2D eigenvalue weighted by Gasteiger charge is 2.25. The molecule has 0 heterocycles. The number of hydrogen-bond acceptors (Lipinski definition) is 2. The van der Waals surface area contributed by atoms with Crippen LogP contribution in [-0.2, 0) is 13.2 Å². The lowest BCUT2D eigenvalue weighted by Gasteiger charge is -2.08. The van der Waals surface area contributed by atoms with Gasteiger partial charge in [-0.1, -0.05) is 24.3 Å². The Labute approximate surface area is 85.7 Å². The number of alkyl halides is 3. The highest BCUT2D eigenvalue weighted by Crippen LogP contribution is 2.13. The minimum absolute atomic E-state index is 0.104. The van der Waals surface area contributed by atoms with E-state index in [1.54, 1.807) is 24.3 Å². The smallest absolute Gasteiger partial charge is 0.392 e. The lowest BCUT2D eigenvalue weighted by molar-refractivity contribution is -0.125. The van der Waals surface area contributed by atoms with E-state index in [9.17, 15) is 13.2 Å². The number of benzene rings is 1. The fraction of sp³-hybridized carbons (Fsp3) is 0.400. The quantitative estimate of drug-likeness (QED) is 0.809. The first-order valence-corrected chi connectivity index (χ1v) is 4.47. The molecule has 5 heteroatoms. The van der Waals surface area contributed by atoms with Crippen molar-refractivity contribution in [3.05, 3.63) is 35.4 Å². The van der Waals surface area contributed by atoms with Crippen molar-refractivity contribution in [3.8, 4) is 0 Å². The van der Waals surface area contributed by atoms with Crippen LogP contribution in [-0.4, -0.2) is 17.8 Å². The van der Waals surface area contributed by atoms with E-state index in [4.69, 9.17) is 5.11 Å². The first-order valence-electron chi connectivity index (χ1n) is 4.47. The number of aliphatic hydroxyl groups excluding tert-OH is 1. The molecule has 0 saturated carbocycles. The summed E-state index contributed by atoms with van der Waals surface area (Å²) in [7, 11) is 0. The number of halogens is 3. The molecule has 1 aromatic carbocycles. The van der Waals surface area contributed by atoms with Gasteiger partial charge in [-0.05, 0) is 11.1 Å². The molecule has 1 rings (SSSR count). The maximum Gasteiger partial charge on any atom is 0.401 e. The van der Waals surface area contributed by atoms with Gasteiger partial charge in [0.25, 0.3) is 0 Å². The van der Waals surface area contributed by atoms with Gasteiger partial charge in [0.1, 0.15) is 0 Å². The monoisotopic (exact) mass is 219 g/mol. The average Bonchev–Trinajstić information content (AvgIpc) is 2.16. The van der Waals surface area contributed by atoms with E-state index in [1.165, 1.54) is 0 Å². The molecule has 0 unspecified atom stereocenters. The van der Waals surface area contributed by atoms with Gasteiger partial charge in [-0.25, -0.2) is 0 Å². The van der Waals surface area contributed by atoms with Gasteiger partial charge in [0.2, 0.25) is 0 Å². The van der Waals surface area contributed by atoms with Crippen LogP contribution in [0, 0.1) is 0 Å². The largest absolute Gasteiger partial charge is 0.401 e. The molecule has 0 spiro atoms. The molecule has 0 aliphatic rings. The molecule has 84 valence electrons. The van der Waals surface area contributed by atoms with E-state index >= 15 is 0 Å². The van der Waals surface area contributed by atoms with Crippen molar-refractivity contribution < 1.29 is 18.3 Å². The van der Waals surface area contributed by atoms with E-state index < -0.39 is 12.7 Å². The number of nitrogens with one attached hydrogen (secondary N) is 1. The maximum atomic E-state index is 11.8. The van der Waals surface area contributed by atoms with Crippen LogP contribution in [0.25, 0.3) is 0 Å². The topological polar surface area (TPSA) is 32.3 Å². The van der Waals surface area contributed by atoms with Gasteiger partial charge in [0.15, 0.2) is 0 Å². The summed E-state index contributed by atoms with van der Waals surface area (Å²) < 4.78 is 35.4. The van der Waals surface area contributed by atoms with Crippen molar-refractivity contribution in [2.24, 2.45) is 0 Å².